The standard InChI is InChI=1S/C10H16N6O/c11-14-6-1-3-10(4-2-6)5-7(15-12)8(16-13)9(10)17/h1-5,11-13H2. The third kappa shape index (κ3) is 1.67. The molecule has 0 atom stereocenters. The summed E-state index contributed by atoms with van der Waals surface area (Å²) in [5, 5.41) is 10.8. The Morgan fingerprint density at radius 1 is 1.00 bits per heavy atom. The molecule has 0 bridgehead atoms. The Bertz CT molecular complexity index is 426. The van der Waals surface area contributed by atoms with Gasteiger partial charge in [0.25, 0.3) is 0 Å². The van der Waals surface area contributed by atoms with Crippen molar-refractivity contribution in [1.29, 1.82) is 0 Å². The summed E-state index contributed by atoms with van der Waals surface area (Å²) in [4.78, 5) is 12.3. The fourth-order valence-electron chi connectivity index (χ4n) is 2.66. The van der Waals surface area contributed by atoms with E-state index >= 15 is 0 Å². The Hall–Kier alpha value is -1.92. The van der Waals surface area contributed by atoms with E-state index in [1.807, 2.05) is 0 Å². The number of carbonyl (C=O) groups is 1. The van der Waals surface area contributed by atoms with Gasteiger partial charge >= 0.3 is 0 Å². The third-order valence-corrected chi connectivity index (χ3v) is 3.73. The molecule has 7 nitrogen and oxygen atoms in total. The van der Waals surface area contributed by atoms with Crippen LogP contribution in [0, 0.1) is 5.41 Å². The van der Waals surface area contributed by atoms with Crippen molar-refractivity contribution < 1.29 is 4.79 Å². The lowest BCUT2D eigenvalue weighted by Gasteiger charge is -2.30. The first-order chi connectivity index (χ1) is 8.16. The van der Waals surface area contributed by atoms with Gasteiger partial charge in [-0.05, 0) is 25.7 Å². The molecule has 7 heteroatoms. The molecule has 1 spiro atoms. The molecule has 0 unspecified atom stereocenters. The third-order valence-electron chi connectivity index (χ3n) is 3.73. The van der Waals surface area contributed by atoms with Crippen molar-refractivity contribution >= 4 is 22.9 Å². The molecule has 2 aliphatic rings. The van der Waals surface area contributed by atoms with Crippen LogP contribution in [0.2, 0.25) is 0 Å². The molecule has 0 aromatic rings. The first-order valence-electron chi connectivity index (χ1n) is 5.52. The molecule has 0 aliphatic heterocycles. The van der Waals surface area contributed by atoms with Crippen molar-refractivity contribution in [2.24, 2.45) is 38.2 Å². The van der Waals surface area contributed by atoms with Crippen LogP contribution in [-0.4, -0.2) is 22.9 Å². The lowest BCUT2D eigenvalue weighted by atomic mass is 9.71. The van der Waals surface area contributed by atoms with Crippen molar-refractivity contribution in [3.8, 4) is 0 Å². The Labute approximate surface area is 98.8 Å². The first-order valence-corrected chi connectivity index (χ1v) is 5.52. The summed E-state index contributed by atoms with van der Waals surface area (Å²) in [6.07, 6.45) is 3.41. The molecular weight excluding hydrogens is 220 g/mol. The summed E-state index contributed by atoms with van der Waals surface area (Å²) in [5.41, 5.74) is 1.24. The molecule has 2 fully saturated rings. The average Bonchev–Trinajstić information content (AvgIpc) is 2.63. The van der Waals surface area contributed by atoms with Crippen LogP contribution in [0.15, 0.2) is 15.3 Å². The van der Waals surface area contributed by atoms with Crippen molar-refractivity contribution in [3.05, 3.63) is 0 Å². The van der Waals surface area contributed by atoms with Crippen LogP contribution >= 0.6 is 0 Å². The quantitative estimate of drug-likeness (QED) is 0.385. The van der Waals surface area contributed by atoms with Crippen molar-refractivity contribution in [3.63, 3.8) is 0 Å². The van der Waals surface area contributed by atoms with E-state index in [1.165, 1.54) is 0 Å². The fourth-order valence-corrected chi connectivity index (χ4v) is 2.66. The van der Waals surface area contributed by atoms with Crippen LogP contribution in [0.25, 0.3) is 0 Å². The Morgan fingerprint density at radius 2 is 1.65 bits per heavy atom. The van der Waals surface area contributed by atoms with Gasteiger partial charge in [0, 0.05) is 17.5 Å². The predicted molar refractivity (Wildman–Crippen MR) is 65.4 cm³/mol. The number of nitrogens with two attached hydrogens (primary N) is 3. The van der Waals surface area contributed by atoms with Gasteiger partial charge in [-0.3, -0.25) is 4.79 Å². The molecule has 0 amide bonds. The van der Waals surface area contributed by atoms with Gasteiger partial charge in [0.05, 0.1) is 5.71 Å². The van der Waals surface area contributed by atoms with E-state index < -0.39 is 5.41 Å². The van der Waals surface area contributed by atoms with E-state index in [1.54, 1.807) is 0 Å². The highest BCUT2D eigenvalue weighted by Gasteiger charge is 2.50. The van der Waals surface area contributed by atoms with Gasteiger partial charge < -0.3 is 17.5 Å². The van der Waals surface area contributed by atoms with Crippen LogP contribution in [0.4, 0.5) is 0 Å². The Morgan fingerprint density at radius 3 is 2.06 bits per heavy atom. The summed E-state index contributed by atoms with van der Waals surface area (Å²) >= 11 is 0. The molecule has 17 heavy (non-hydrogen) atoms. The molecule has 92 valence electrons. The molecule has 0 heterocycles. The molecule has 0 aromatic heterocycles. The van der Waals surface area contributed by atoms with Crippen LogP contribution in [0.1, 0.15) is 32.1 Å². The monoisotopic (exact) mass is 236 g/mol. The highest BCUT2D eigenvalue weighted by atomic mass is 16.1. The van der Waals surface area contributed by atoms with E-state index in [0.29, 0.717) is 25.0 Å². The number of Topliss-reactive ketones (excluding diaryl/α,β-unsaturated/α-hetero) is 1. The number of nitrogens with zero attached hydrogens (tertiary/aromatic N) is 3. The Kier molecular flexibility index (Phi) is 2.83. The highest BCUT2D eigenvalue weighted by molar-refractivity contribution is 6.71. The normalized spacial score (nSPS) is 33.9. The molecule has 0 radical (unpaired) electrons. The second-order valence-electron chi connectivity index (χ2n) is 4.54. The minimum absolute atomic E-state index is 0.0414. The second kappa shape index (κ2) is 4.15. The van der Waals surface area contributed by atoms with E-state index in [-0.39, 0.29) is 11.5 Å². The lowest BCUT2D eigenvalue weighted by molar-refractivity contribution is -0.121. The SMILES string of the molecule is NN=C1CCC2(CC1)CC(=NN)C(=NN)C2=O. The number of rotatable bonds is 0. The van der Waals surface area contributed by atoms with E-state index in [0.717, 1.165) is 18.6 Å². The van der Waals surface area contributed by atoms with Gasteiger partial charge in [-0.2, -0.15) is 15.3 Å². The summed E-state index contributed by atoms with van der Waals surface area (Å²) in [5.74, 6) is 15.7. The molecule has 2 saturated carbocycles. The van der Waals surface area contributed by atoms with Gasteiger partial charge in [-0.1, -0.05) is 0 Å². The van der Waals surface area contributed by atoms with Gasteiger partial charge in [0.1, 0.15) is 5.71 Å². The van der Waals surface area contributed by atoms with E-state index in [4.69, 9.17) is 17.5 Å². The molecule has 0 aromatic carbocycles. The molecule has 0 saturated heterocycles. The fraction of sp³-hybridized carbons (Fsp3) is 0.600. The lowest BCUT2D eigenvalue weighted by Crippen LogP contribution is -2.34. The largest absolute Gasteiger partial charge is 0.323 e. The zero-order valence-electron chi connectivity index (χ0n) is 9.52. The number of ketones is 1. The van der Waals surface area contributed by atoms with Gasteiger partial charge in [0.15, 0.2) is 5.78 Å². The Balaban J connectivity index is 2.27. The van der Waals surface area contributed by atoms with Gasteiger partial charge in [0.2, 0.25) is 0 Å². The van der Waals surface area contributed by atoms with Gasteiger partial charge in [-0.25, -0.2) is 0 Å². The zero-order valence-corrected chi connectivity index (χ0v) is 9.52. The maximum atomic E-state index is 12.3. The number of hydrazone groups is 3. The summed E-state index contributed by atoms with van der Waals surface area (Å²) in [6.45, 7) is 0. The number of carbonyl (C=O) groups excluding carboxylic acids is 1. The summed E-state index contributed by atoms with van der Waals surface area (Å²) in [6, 6.07) is 0. The zero-order chi connectivity index (χ0) is 12.5. The van der Waals surface area contributed by atoms with Crippen molar-refractivity contribution in [2.75, 3.05) is 0 Å². The summed E-state index contributed by atoms with van der Waals surface area (Å²) in [7, 11) is 0. The van der Waals surface area contributed by atoms with E-state index in [9.17, 15) is 4.79 Å². The molecule has 2 rings (SSSR count). The summed E-state index contributed by atoms with van der Waals surface area (Å²) < 4.78 is 0. The first kappa shape index (κ1) is 11.6. The van der Waals surface area contributed by atoms with Gasteiger partial charge in [-0.15, -0.1) is 0 Å². The predicted octanol–water partition coefficient (Wildman–Crippen LogP) is -0.536. The van der Waals surface area contributed by atoms with Crippen molar-refractivity contribution in [2.45, 2.75) is 32.1 Å². The maximum Gasteiger partial charge on any atom is 0.191 e. The molecule has 2 aliphatic carbocycles. The van der Waals surface area contributed by atoms with E-state index in [2.05, 4.69) is 15.3 Å². The van der Waals surface area contributed by atoms with Crippen LogP contribution in [0.3, 0.4) is 0 Å². The minimum atomic E-state index is -0.440. The number of hydrogen-bond donors (Lipinski definition) is 3. The maximum absolute atomic E-state index is 12.3. The second-order valence-corrected chi connectivity index (χ2v) is 4.54. The minimum Gasteiger partial charge on any atom is -0.323 e. The molecule has 6 N–H and O–H groups in total. The van der Waals surface area contributed by atoms with Crippen LogP contribution < -0.4 is 17.5 Å². The highest BCUT2D eigenvalue weighted by Crippen LogP contribution is 2.43. The average molecular weight is 236 g/mol. The topological polar surface area (TPSA) is 132 Å². The van der Waals surface area contributed by atoms with Crippen molar-refractivity contribution in [1.82, 2.24) is 0 Å². The smallest absolute Gasteiger partial charge is 0.191 e. The van der Waals surface area contributed by atoms with Crippen LogP contribution in [0.5, 0.6) is 0 Å². The van der Waals surface area contributed by atoms with Crippen LogP contribution in [-0.2, 0) is 4.79 Å². The number of hydrogen-bond acceptors (Lipinski definition) is 7. The molecular formula is C10H16N6O.